The minimum absolute atomic E-state index is 0.0513. The smallest absolute Gasteiger partial charge is 0.231 e. The lowest BCUT2D eigenvalue weighted by atomic mass is 9.75. The van der Waals surface area contributed by atoms with E-state index in [0.717, 1.165) is 44.0 Å². The van der Waals surface area contributed by atoms with Gasteiger partial charge in [-0.05, 0) is 30.5 Å². The zero-order valence-electron chi connectivity index (χ0n) is 13.3. The summed E-state index contributed by atoms with van der Waals surface area (Å²) in [5.74, 6) is 1.72. The van der Waals surface area contributed by atoms with Crippen LogP contribution in [0.4, 0.5) is 0 Å². The van der Waals surface area contributed by atoms with E-state index in [4.69, 9.17) is 14.2 Å². The summed E-state index contributed by atoms with van der Waals surface area (Å²) in [5.41, 5.74) is 0.780. The highest BCUT2D eigenvalue weighted by Crippen LogP contribution is 2.41. The predicted octanol–water partition coefficient (Wildman–Crippen LogP) is 1.14. The van der Waals surface area contributed by atoms with Crippen molar-refractivity contribution in [1.82, 2.24) is 10.2 Å². The molecule has 0 unspecified atom stereocenters. The van der Waals surface area contributed by atoms with Gasteiger partial charge in [0.25, 0.3) is 0 Å². The standard InChI is InChI=1S/C17H22N2O4/c1-18-16(20)17-5-7-21-15(17)4-6-19(10-17)9-12-2-3-13-14(8-12)23-11-22-13/h2-3,8,15H,4-7,9-11H2,1H3,(H,18,20)/t15-,17-/m0/s1. The van der Waals surface area contributed by atoms with E-state index in [1.54, 1.807) is 7.05 Å². The summed E-state index contributed by atoms with van der Waals surface area (Å²) in [6, 6.07) is 6.06. The number of ether oxygens (including phenoxy) is 3. The van der Waals surface area contributed by atoms with Crippen LogP contribution in [-0.2, 0) is 16.1 Å². The Hall–Kier alpha value is -1.79. The number of carbonyl (C=O) groups excluding carboxylic acids is 1. The van der Waals surface area contributed by atoms with Crippen molar-refractivity contribution >= 4 is 5.91 Å². The maximum absolute atomic E-state index is 12.5. The van der Waals surface area contributed by atoms with Crippen LogP contribution in [0.25, 0.3) is 0 Å². The van der Waals surface area contributed by atoms with Crippen LogP contribution in [-0.4, -0.2) is 50.4 Å². The van der Waals surface area contributed by atoms with Crippen LogP contribution in [0.5, 0.6) is 11.5 Å². The van der Waals surface area contributed by atoms with Crippen molar-refractivity contribution in [1.29, 1.82) is 0 Å². The average Bonchev–Trinajstić information content (AvgIpc) is 3.20. The zero-order valence-corrected chi connectivity index (χ0v) is 13.3. The number of nitrogens with zero attached hydrogens (tertiary/aromatic N) is 1. The number of rotatable bonds is 3. The molecule has 2 atom stereocenters. The molecular formula is C17H22N2O4. The van der Waals surface area contributed by atoms with Gasteiger partial charge in [-0.15, -0.1) is 0 Å². The van der Waals surface area contributed by atoms with Gasteiger partial charge in [0.2, 0.25) is 12.7 Å². The molecule has 1 aromatic rings. The highest BCUT2D eigenvalue weighted by Gasteiger charge is 2.52. The van der Waals surface area contributed by atoms with Crippen molar-refractivity contribution < 1.29 is 19.0 Å². The lowest BCUT2D eigenvalue weighted by molar-refractivity contribution is -0.139. The first-order valence-electron chi connectivity index (χ1n) is 8.16. The SMILES string of the molecule is CNC(=O)[C@]12CCO[C@H]1CCN(Cc1ccc3c(c1)OCO3)C2. The minimum Gasteiger partial charge on any atom is -0.454 e. The molecule has 0 aliphatic carbocycles. The van der Waals surface area contributed by atoms with E-state index in [-0.39, 0.29) is 12.0 Å². The van der Waals surface area contributed by atoms with E-state index in [2.05, 4.69) is 16.3 Å². The van der Waals surface area contributed by atoms with E-state index in [1.165, 1.54) is 5.56 Å². The molecule has 1 aromatic carbocycles. The van der Waals surface area contributed by atoms with Gasteiger partial charge in [0.05, 0.1) is 11.5 Å². The zero-order chi connectivity index (χ0) is 15.9. The van der Waals surface area contributed by atoms with Crippen molar-refractivity contribution in [2.45, 2.75) is 25.5 Å². The summed E-state index contributed by atoms with van der Waals surface area (Å²) in [5, 5.41) is 2.83. The molecule has 3 aliphatic heterocycles. The lowest BCUT2D eigenvalue weighted by Gasteiger charge is -2.42. The topological polar surface area (TPSA) is 60.0 Å². The number of likely N-dealkylation sites (tertiary alicyclic amines) is 1. The monoisotopic (exact) mass is 318 g/mol. The summed E-state index contributed by atoms with van der Waals surface area (Å²) in [7, 11) is 1.71. The van der Waals surface area contributed by atoms with Crippen LogP contribution in [0.15, 0.2) is 18.2 Å². The molecule has 0 aromatic heterocycles. The van der Waals surface area contributed by atoms with Crippen molar-refractivity contribution in [3.63, 3.8) is 0 Å². The van der Waals surface area contributed by atoms with Crippen LogP contribution < -0.4 is 14.8 Å². The fourth-order valence-corrected chi connectivity index (χ4v) is 4.04. The lowest BCUT2D eigenvalue weighted by Crippen LogP contribution is -2.56. The van der Waals surface area contributed by atoms with Crippen LogP contribution in [0, 0.1) is 5.41 Å². The third kappa shape index (κ3) is 2.46. The van der Waals surface area contributed by atoms with Crippen molar-refractivity contribution in [2.75, 3.05) is 33.5 Å². The Labute approximate surface area is 135 Å². The van der Waals surface area contributed by atoms with E-state index in [0.29, 0.717) is 13.4 Å². The quantitative estimate of drug-likeness (QED) is 0.906. The first-order valence-corrected chi connectivity index (χ1v) is 8.16. The van der Waals surface area contributed by atoms with Gasteiger partial charge in [-0.2, -0.15) is 0 Å². The van der Waals surface area contributed by atoms with Gasteiger partial charge in [-0.3, -0.25) is 9.69 Å². The maximum Gasteiger partial charge on any atom is 0.231 e. The number of piperidine rings is 1. The van der Waals surface area contributed by atoms with Gasteiger partial charge in [0.15, 0.2) is 11.5 Å². The average molecular weight is 318 g/mol. The Morgan fingerprint density at radius 2 is 2.26 bits per heavy atom. The molecular weight excluding hydrogens is 296 g/mol. The molecule has 3 heterocycles. The fourth-order valence-electron chi connectivity index (χ4n) is 4.04. The second kappa shape index (κ2) is 5.69. The molecule has 1 amide bonds. The van der Waals surface area contributed by atoms with Crippen LogP contribution in [0.2, 0.25) is 0 Å². The molecule has 6 heteroatoms. The largest absolute Gasteiger partial charge is 0.454 e. The number of amides is 1. The summed E-state index contributed by atoms with van der Waals surface area (Å²) >= 11 is 0. The van der Waals surface area contributed by atoms with Gasteiger partial charge >= 0.3 is 0 Å². The summed E-state index contributed by atoms with van der Waals surface area (Å²) in [6.45, 7) is 3.46. The Morgan fingerprint density at radius 3 is 3.13 bits per heavy atom. The molecule has 4 rings (SSSR count). The van der Waals surface area contributed by atoms with Crippen molar-refractivity contribution in [3.05, 3.63) is 23.8 Å². The first-order chi connectivity index (χ1) is 11.2. The molecule has 1 N–H and O–H groups in total. The van der Waals surface area contributed by atoms with E-state index in [1.807, 2.05) is 12.1 Å². The third-order valence-corrected chi connectivity index (χ3v) is 5.22. The molecule has 3 aliphatic rings. The molecule has 6 nitrogen and oxygen atoms in total. The highest BCUT2D eigenvalue weighted by molar-refractivity contribution is 5.83. The van der Waals surface area contributed by atoms with Crippen molar-refractivity contribution in [2.24, 2.45) is 5.41 Å². The van der Waals surface area contributed by atoms with Gasteiger partial charge < -0.3 is 19.5 Å². The van der Waals surface area contributed by atoms with Gasteiger partial charge in [-0.25, -0.2) is 0 Å². The summed E-state index contributed by atoms with van der Waals surface area (Å²) < 4.78 is 16.6. The first kappa shape index (κ1) is 14.8. The molecule has 2 fully saturated rings. The fraction of sp³-hybridized carbons (Fsp3) is 0.588. The third-order valence-electron chi connectivity index (χ3n) is 5.22. The van der Waals surface area contributed by atoms with Crippen molar-refractivity contribution in [3.8, 4) is 11.5 Å². The molecule has 0 radical (unpaired) electrons. The number of hydrogen-bond donors (Lipinski definition) is 1. The normalized spacial score (nSPS) is 29.3. The van der Waals surface area contributed by atoms with Crippen LogP contribution >= 0.6 is 0 Å². The van der Waals surface area contributed by atoms with Gasteiger partial charge in [0, 0.05) is 33.3 Å². The molecule has 0 spiro atoms. The van der Waals surface area contributed by atoms with E-state index >= 15 is 0 Å². The Morgan fingerprint density at radius 1 is 1.39 bits per heavy atom. The predicted molar refractivity (Wildman–Crippen MR) is 83.3 cm³/mol. The second-order valence-electron chi connectivity index (χ2n) is 6.53. The Bertz CT molecular complexity index is 621. The Kier molecular flexibility index (Phi) is 3.66. The second-order valence-corrected chi connectivity index (χ2v) is 6.53. The molecule has 0 bridgehead atoms. The number of hydrogen-bond acceptors (Lipinski definition) is 5. The van der Waals surface area contributed by atoms with Gasteiger partial charge in [-0.1, -0.05) is 6.07 Å². The van der Waals surface area contributed by atoms with Crippen LogP contribution in [0.3, 0.4) is 0 Å². The summed E-state index contributed by atoms with van der Waals surface area (Å²) in [4.78, 5) is 14.8. The number of carbonyl (C=O) groups is 1. The molecule has 124 valence electrons. The maximum atomic E-state index is 12.5. The molecule has 0 saturated carbocycles. The van der Waals surface area contributed by atoms with Crippen LogP contribution in [0.1, 0.15) is 18.4 Å². The van der Waals surface area contributed by atoms with E-state index in [9.17, 15) is 4.79 Å². The number of nitrogens with one attached hydrogen (secondary N) is 1. The molecule has 23 heavy (non-hydrogen) atoms. The van der Waals surface area contributed by atoms with Gasteiger partial charge in [0.1, 0.15) is 0 Å². The number of benzene rings is 1. The highest BCUT2D eigenvalue weighted by atomic mass is 16.7. The van der Waals surface area contributed by atoms with E-state index < -0.39 is 5.41 Å². The summed E-state index contributed by atoms with van der Waals surface area (Å²) in [6.07, 6.45) is 1.75. The Balaban J connectivity index is 1.51. The minimum atomic E-state index is -0.399. The number of fused-ring (bicyclic) bond motifs is 2. The molecule has 2 saturated heterocycles.